The molecule has 0 N–H and O–H groups in total. The predicted octanol–water partition coefficient (Wildman–Crippen LogP) is 14.8. The Kier molecular flexibility index (Phi) is 4.85. The van der Waals surface area contributed by atoms with Crippen LogP contribution < -0.4 is 0 Å². The molecular weight excluding hydrogens is 625 g/mol. The molecule has 0 aliphatic carbocycles. The minimum atomic E-state index is -0.419. The number of hydrogen-bond donors (Lipinski definition) is 0. The van der Waals surface area contributed by atoms with Crippen LogP contribution in [0.3, 0.4) is 0 Å². The van der Waals surface area contributed by atoms with E-state index in [0.29, 0.717) is 22.3 Å². The van der Waals surface area contributed by atoms with Gasteiger partial charge in [0, 0.05) is 0 Å². The molecular formula is C52H32. The van der Waals surface area contributed by atoms with Crippen LogP contribution in [0, 0.1) is 0 Å². The van der Waals surface area contributed by atoms with E-state index in [1.54, 1.807) is 0 Å². The zero-order valence-electron chi connectivity index (χ0n) is 35.9. The number of benzene rings is 11. The summed E-state index contributed by atoms with van der Waals surface area (Å²) < 4.78 is 72.8. The van der Waals surface area contributed by atoms with Crippen LogP contribution in [0.4, 0.5) is 0 Å². The van der Waals surface area contributed by atoms with Crippen LogP contribution in [0.5, 0.6) is 0 Å². The Hall–Kier alpha value is -6.76. The van der Waals surface area contributed by atoms with Crippen LogP contribution in [-0.2, 0) is 0 Å². The van der Waals surface area contributed by atoms with Crippen molar-refractivity contribution in [1.29, 1.82) is 0 Å². The zero-order chi connectivity index (χ0) is 41.1. The summed E-state index contributed by atoms with van der Waals surface area (Å²) in [5.41, 5.74) is 3.78. The molecule has 0 saturated carbocycles. The molecule has 0 fully saturated rings. The Balaban J connectivity index is 1.23. The van der Waals surface area contributed by atoms with Gasteiger partial charge >= 0.3 is 0 Å². The highest BCUT2D eigenvalue weighted by molar-refractivity contribution is 6.33. The summed E-state index contributed by atoms with van der Waals surface area (Å²) in [5, 5.41) is 11.9. The largest absolute Gasteiger partial charge is 0.0629 e. The summed E-state index contributed by atoms with van der Waals surface area (Å²) in [4.78, 5) is 0. The van der Waals surface area contributed by atoms with Gasteiger partial charge in [-0.25, -0.2) is 0 Å². The van der Waals surface area contributed by atoms with Crippen LogP contribution in [-0.4, -0.2) is 0 Å². The van der Waals surface area contributed by atoms with E-state index in [0.717, 1.165) is 43.4 Å². The second-order valence-corrected chi connectivity index (χ2v) is 13.4. The van der Waals surface area contributed by atoms with Gasteiger partial charge < -0.3 is 0 Å². The molecule has 11 aromatic carbocycles. The average molecular weight is 665 g/mol. The standard InChI is InChI=1S/C52H32/c1-2-14-36-31-37(30-25-33(36)13-1)51-46-23-11-9-21-44(46)50(45-22-10-12-24-47(45)51)35-28-26-34(27-29-35)48-32-49-40-17-4-3-15-38(40)39-16-5-7-19-42(39)52(49)43-20-8-6-18-41(43)48/h1-32H/i9D,10D,11D,12D,21D,22D,23D,24D. The van der Waals surface area contributed by atoms with E-state index in [1.807, 2.05) is 72.8 Å². The molecule has 52 heavy (non-hydrogen) atoms. The quantitative estimate of drug-likeness (QED) is 0.130. The lowest BCUT2D eigenvalue weighted by Crippen LogP contribution is -1.91. The Morgan fingerprint density at radius 3 is 1.33 bits per heavy atom. The number of rotatable bonds is 3. The van der Waals surface area contributed by atoms with Crippen LogP contribution in [0.25, 0.3) is 109 Å². The van der Waals surface area contributed by atoms with Crippen molar-refractivity contribution in [1.82, 2.24) is 0 Å². The Morgan fingerprint density at radius 1 is 0.288 bits per heavy atom. The molecule has 0 saturated heterocycles. The topological polar surface area (TPSA) is 0 Å². The van der Waals surface area contributed by atoms with Gasteiger partial charge in [-0.1, -0.05) is 182 Å². The van der Waals surface area contributed by atoms with Crippen molar-refractivity contribution >= 4 is 75.4 Å². The van der Waals surface area contributed by atoms with Crippen molar-refractivity contribution in [2.75, 3.05) is 0 Å². The second-order valence-electron chi connectivity index (χ2n) is 13.4. The summed E-state index contributed by atoms with van der Waals surface area (Å²) in [6.45, 7) is 0. The van der Waals surface area contributed by atoms with Crippen molar-refractivity contribution in [3.05, 3.63) is 194 Å². The van der Waals surface area contributed by atoms with Crippen LogP contribution >= 0.6 is 0 Å². The van der Waals surface area contributed by atoms with Crippen LogP contribution in [0.1, 0.15) is 11.0 Å². The fourth-order valence-electron chi connectivity index (χ4n) is 8.37. The third kappa shape index (κ3) is 4.28. The number of hydrogen-bond acceptors (Lipinski definition) is 0. The summed E-state index contributed by atoms with van der Waals surface area (Å²) in [6.07, 6.45) is 0. The minimum absolute atomic E-state index is 0.198. The maximum Gasteiger partial charge on any atom is 0.0629 e. The second kappa shape index (κ2) is 11.4. The van der Waals surface area contributed by atoms with Gasteiger partial charge in [0.2, 0.25) is 0 Å². The third-order valence-corrected chi connectivity index (χ3v) is 10.6. The molecule has 0 unspecified atom stereocenters. The highest BCUT2D eigenvalue weighted by Gasteiger charge is 2.18. The van der Waals surface area contributed by atoms with Crippen molar-refractivity contribution in [2.45, 2.75) is 0 Å². The van der Waals surface area contributed by atoms with E-state index in [-0.39, 0.29) is 45.7 Å². The summed E-state index contributed by atoms with van der Waals surface area (Å²) in [6, 6.07) is 46.2. The van der Waals surface area contributed by atoms with Gasteiger partial charge in [0.1, 0.15) is 0 Å². The first kappa shape index (κ1) is 22.1. The van der Waals surface area contributed by atoms with E-state index in [9.17, 15) is 5.48 Å². The maximum absolute atomic E-state index is 9.39. The molecule has 0 nitrogen and oxygen atoms in total. The third-order valence-electron chi connectivity index (χ3n) is 10.6. The molecule has 0 aliphatic heterocycles. The van der Waals surface area contributed by atoms with Gasteiger partial charge in [-0.3, -0.25) is 0 Å². The van der Waals surface area contributed by atoms with E-state index in [4.69, 9.17) is 5.48 Å². The van der Waals surface area contributed by atoms with Gasteiger partial charge in [0.25, 0.3) is 0 Å². The fraction of sp³-hybridized carbons (Fsp3) is 0. The minimum Gasteiger partial charge on any atom is -0.0616 e. The summed E-state index contributed by atoms with van der Waals surface area (Å²) in [7, 11) is 0. The predicted molar refractivity (Wildman–Crippen MR) is 225 cm³/mol. The molecule has 0 amide bonds. The normalized spacial score (nSPS) is 14.0. The van der Waals surface area contributed by atoms with E-state index < -0.39 is 24.2 Å². The molecule has 240 valence electrons. The zero-order valence-corrected chi connectivity index (χ0v) is 27.9. The SMILES string of the molecule is [2H]c1c([2H])c([2H])c2c(-c3ccc4ccccc4c3)c3c([2H])c([2H])c([2H])c([2H])c3c(-c3ccc(-c4cc5c6ccccc6c6ccccc6c5c5ccccc45)cc3)c2c1[2H]. The Bertz CT molecular complexity index is 3600. The van der Waals surface area contributed by atoms with E-state index >= 15 is 0 Å². The maximum atomic E-state index is 9.39. The monoisotopic (exact) mass is 664 g/mol. The van der Waals surface area contributed by atoms with Crippen molar-refractivity contribution in [3.8, 4) is 33.4 Å². The smallest absolute Gasteiger partial charge is 0.0616 e. The van der Waals surface area contributed by atoms with Gasteiger partial charge in [-0.05, 0) is 121 Å². The molecule has 11 rings (SSSR count). The highest BCUT2D eigenvalue weighted by atomic mass is 14.2. The average Bonchev–Trinajstić information content (AvgIpc) is 3.29. The first-order chi connectivity index (χ1) is 29.1. The Morgan fingerprint density at radius 2 is 0.712 bits per heavy atom. The lowest BCUT2D eigenvalue weighted by molar-refractivity contribution is 1.64. The molecule has 0 atom stereocenters. The molecule has 0 aromatic heterocycles. The van der Waals surface area contributed by atoms with Crippen LogP contribution in [0.2, 0.25) is 0 Å². The van der Waals surface area contributed by atoms with Gasteiger partial charge in [-0.2, -0.15) is 0 Å². The lowest BCUT2D eigenvalue weighted by atomic mass is 9.85. The first-order valence-corrected chi connectivity index (χ1v) is 17.4. The molecule has 0 aliphatic rings. The van der Waals surface area contributed by atoms with Crippen molar-refractivity contribution in [3.63, 3.8) is 0 Å². The molecule has 11 aromatic rings. The van der Waals surface area contributed by atoms with Crippen LogP contribution in [0.15, 0.2) is 194 Å². The van der Waals surface area contributed by atoms with Crippen molar-refractivity contribution < 1.29 is 11.0 Å². The van der Waals surface area contributed by atoms with Gasteiger partial charge in [-0.15, -0.1) is 0 Å². The highest BCUT2D eigenvalue weighted by Crippen LogP contribution is 2.46. The van der Waals surface area contributed by atoms with Crippen molar-refractivity contribution in [2.24, 2.45) is 0 Å². The summed E-state index contributed by atoms with van der Waals surface area (Å²) in [5.74, 6) is 0. The lowest BCUT2D eigenvalue weighted by Gasteiger charge is -2.19. The van der Waals surface area contributed by atoms with Gasteiger partial charge in [0.15, 0.2) is 0 Å². The van der Waals surface area contributed by atoms with Gasteiger partial charge in [0.05, 0.1) is 11.0 Å². The molecule has 0 bridgehead atoms. The first-order valence-electron chi connectivity index (χ1n) is 21.4. The number of fused-ring (bicyclic) bond motifs is 11. The van der Waals surface area contributed by atoms with E-state index in [2.05, 4.69) is 72.8 Å². The molecule has 0 heteroatoms. The molecule has 0 spiro atoms. The summed E-state index contributed by atoms with van der Waals surface area (Å²) >= 11 is 0. The Labute approximate surface area is 313 Å². The fourth-order valence-corrected chi connectivity index (χ4v) is 8.37. The van der Waals surface area contributed by atoms with E-state index in [1.165, 1.54) is 21.5 Å². The molecule has 0 heterocycles. The molecule has 0 radical (unpaired) electrons.